The summed E-state index contributed by atoms with van der Waals surface area (Å²) in [5, 5.41) is 17.1. The first-order valence-electron chi connectivity index (χ1n) is 12.7. The van der Waals surface area contributed by atoms with E-state index in [9.17, 15) is 14.7 Å². The first kappa shape index (κ1) is 24.8. The predicted molar refractivity (Wildman–Crippen MR) is 132 cm³/mol. The van der Waals surface area contributed by atoms with Crippen LogP contribution in [0.3, 0.4) is 0 Å². The van der Waals surface area contributed by atoms with Gasteiger partial charge in [0, 0.05) is 30.7 Å². The van der Waals surface area contributed by atoms with Crippen LogP contribution in [0.2, 0.25) is 5.02 Å². The van der Waals surface area contributed by atoms with Gasteiger partial charge >= 0.3 is 5.97 Å². The van der Waals surface area contributed by atoms with Crippen molar-refractivity contribution in [1.29, 1.82) is 0 Å². The number of anilines is 1. The van der Waals surface area contributed by atoms with Crippen LogP contribution in [0.15, 0.2) is 22.7 Å². The minimum absolute atomic E-state index is 0.0163. The lowest BCUT2D eigenvalue weighted by Crippen LogP contribution is -2.18. The number of nitrogens with zero attached hydrogens (tertiary/aromatic N) is 1. The Bertz CT molecular complexity index is 1010. The third-order valence-electron chi connectivity index (χ3n) is 7.24. The van der Waals surface area contributed by atoms with Crippen molar-refractivity contribution in [2.75, 3.05) is 5.32 Å². The van der Waals surface area contributed by atoms with Crippen LogP contribution in [0, 0.1) is 12.8 Å². The lowest BCUT2D eigenvalue weighted by atomic mass is 9.85. The number of carboxylic acids is 1. The number of halogens is 1. The molecule has 1 atom stereocenters. The second-order valence-electron chi connectivity index (χ2n) is 10.1. The molecule has 2 aliphatic rings. The molecule has 2 fully saturated rings. The molecule has 0 spiro atoms. The molecule has 1 aromatic heterocycles. The summed E-state index contributed by atoms with van der Waals surface area (Å²) in [4.78, 5) is 24.3. The highest BCUT2D eigenvalue weighted by Gasteiger charge is 2.35. The van der Waals surface area contributed by atoms with Crippen LogP contribution < -0.4 is 5.32 Å². The third-order valence-corrected chi connectivity index (χ3v) is 7.56. The van der Waals surface area contributed by atoms with Crippen LogP contribution in [0.1, 0.15) is 105 Å². The second kappa shape index (κ2) is 11.4. The lowest BCUT2D eigenvalue weighted by molar-refractivity contribution is -0.137. The molecule has 2 saturated carbocycles. The number of amides is 1. The minimum atomic E-state index is -0.874. The molecule has 1 unspecified atom stereocenters. The van der Waals surface area contributed by atoms with E-state index in [0.29, 0.717) is 23.0 Å². The number of aliphatic carboxylic acids is 1. The van der Waals surface area contributed by atoms with Crippen molar-refractivity contribution in [2.45, 2.75) is 95.8 Å². The molecular formula is C27H35ClN2O4. The first-order valence-corrected chi connectivity index (χ1v) is 13.0. The molecular weight excluding hydrogens is 452 g/mol. The topological polar surface area (TPSA) is 92.4 Å². The van der Waals surface area contributed by atoms with Crippen LogP contribution in [-0.4, -0.2) is 22.1 Å². The maximum atomic E-state index is 12.9. The van der Waals surface area contributed by atoms with E-state index >= 15 is 0 Å². The summed E-state index contributed by atoms with van der Waals surface area (Å²) < 4.78 is 5.86. The van der Waals surface area contributed by atoms with Crippen molar-refractivity contribution in [2.24, 2.45) is 5.92 Å². The van der Waals surface area contributed by atoms with Crippen molar-refractivity contribution >= 4 is 29.2 Å². The first-order chi connectivity index (χ1) is 16.4. The van der Waals surface area contributed by atoms with Crippen molar-refractivity contribution < 1.29 is 19.2 Å². The van der Waals surface area contributed by atoms with Crippen LogP contribution in [0.4, 0.5) is 5.69 Å². The van der Waals surface area contributed by atoms with Crippen molar-refractivity contribution in [3.63, 3.8) is 0 Å². The zero-order valence-electron chi connectivity index (χ0n) is 19.9. The van der Waals surface area contributed by atoms with E-state index < -0.39 is 5.97 Å². The maximum Gasteiger partial charge on any atom is 0.303 e. The second-order valence-corrected chi connectivity index (χ2v) is 10.5. The fraction of sp³-hybridized carbons (Fsp3) is 0.593. The maximum absolute atomic E-state index is 12.9. The van der Waals surface area contributed by atoms with Gasteiger partial charge in [0.2, 0.25) is 5.91 Å². The number of carbonyl (C=O) groups excluding carboxylic acids is 1. The summed E-state index contributed by atoms with van der Waals surface area (Å²) >= 11 is 6.29. The van der Waals surface area contributed by atoms with Crippen LogP contribution in [0.25, 0.3) is 0 Å². The number of nitrogens with one attached hydrogen (secondary N) is 1. The summed E-state index contributed by atoms with van der Waals surface area (Å²) in [5.41, 5.74) is 3.50. The Labute approximate surface area is 206 Å². The highest BCUT2D eigenvalue weighted by molar-refractivity contribution is 6.33. The van der Waals surface area contributed by atoms with Gasteiger partial charge in [-0.05, 0) is 62.1 Å². The van der Waals surface area contributed by atoms with Gasteiger partial charge in [0.25, 0.3) is 0 Å². The number of carboxylic acid groups (broad SMARTS) is 1. The van der Waals surface area contributed by atoms with Crippen LogP contribution >= 0.6 is 11.6 Å². The zero-order valence-corrected chi connectivity index (χ0v) is 20.7. The molecule has 0 radical (unpaired) electrons. The van der Waals surface area contributed by atoms with E-state index in [0.717, 1.165) is 54.2 Å². The summed E-state index contributed by atoms with van der Waals surface area (Å²) in [6.07, 6.45) is 11.2. The Kier molecular flexibility index (Phi) is 8.30. The summed E-state index contributed by atoms with van der Waals surface area (Å²) in [6, 6.07) is 5.49. The number of rotatable bonds is 11. The third kappa shape index (κ3) is 6.62. The van der Waals surface area contributed by atoms with Crippen molar-refractivity contribution in [1.82, 2.24) is 5.16 Å². The highest BCUT2D eigenvalue weighted by atomic mass is 35.5. The number of hydrogen-bond acceptors (Lipinski definition) is 4. The Balaban J connectivity index is 1.49. The van der Waals surface area contributed by atoms with E-state index in [-0.39, 0.29) is 24.7 Å². The minimum Gasteiger partial charge on any atom is -0.481 e. The summed E-state index contributed by atoms with van der Waals surface area (Å²) in [7, 11) is 0. The largest absolute Gasteiger partial charge is 0.481 e. The molecule has 34 heavy (non-hydrogen) atoms. The molecule has 0 bridgehead atoms. The summed E-state index contributed by atoms with van der Waals surface area (Å²) in [5.74, 6) is 0.746. The van der Waals surface area contributed by atoms with Crippen LogP contribution in [0.5, 0.6) is 0 Å². The highest BCUT2D eigenvalue weighted by Crippen LogP contribution is 2.47. The van der Waals surface area contributed by atoms with Gasteiger partial charge in [-0.1, -0.05) is 54.9 Å². The molecule has 4 rings (SSSR count). The van der Waals surface area contributed by atoms with E-state index in [4.69, 9.17) is 16.1 Å². The van der Waals surface area contributed by atoms with Gasteiger partial charge < -0.3 is 14.9 Å². The Morgan fingerprint density at radius 3 is 2.65 bits per heavy atom. The molecule has 6 nitrogen and oxygen atoms in total. The SMILES string of the molecule is Cc1ccc(NC(=O)CC(CCC(=O)O)c2noc(CCC3CCCCC3)c2C2CC2)c(Cl)c1. The molecule has 2 aliphatic carbocycles. The molecule has 2 aromatic rings. The van der Waals surface area contributed by atoms with Gasteiger partial charge in [0.15, 0.2) is 0 Å². The van der Waals surface area contributed by atoms with Crippen molar-refractivity contribution in [3.05, 3.63) is 45.8 Å². The van der Waals surface area contributed by atoms with Gasteiger partial charge in [0.1, 0.15) is 5.76 Å². The number of hydrogen-bond donors (Lipinski definition) is 2. The van der Waals surface area contributed by atoms with E-state index in [1.165, 1.54) is 32.1 Å². The predicted octanol–water partition coefficient (Wildman–Crippen LogP) is 7.00. The van der Waals surface area contributed by atoms with Gasteiger partial charge in [0.05, 0.1) is 16.4 Å². The Hall–Kier alpha value is -2.34. The van der Waals surface area contributed by atoms with Gasteiger partial charge in [-0.25, -0.2) is 0 Å². The smallest absolute Gasteiger partial charge is 0.303 e. The fourth-order valence-electron chi connectivity index (χ4n) is 5.22. The summed E-state index contributed by atoms with van der Waals surface area (Å²) in [6.45, 7) is 1.94. The Morgan fingerprint density at radius 2 is 1.97 bits per heavy atom. The average molecular weight is 487 g/mol. The number of benzene rings is 1. The number of carbonyl (C=O) groups is 2. The van der Waals surface area contributed by atoms with E-state index in [1.54, 1.807) is 12.1 Å². The van der Waals surface area contributed by atoms with Gasteiger partial charge in [-0.15, -0.1) is 0 Å². The normalized spacial score (nSPS) is 17.5. The van der Waals surface area contributed by atoms with E-state index in [1.807, 2.05) is 13.0 Å². The molecule has 0 aliphatic heterocycles. The molecule has 1 aromatic carbocycles. The zero-order chi connectivity index (χ0) is 24.1. The molecule has 2 N–H and O–H groups in total. The molecule has 1 heterocycles. The molecule has 184 valence electrons. The van der Waals surface area contributed by atoms with Gasteiger partial charge in [-0.2, -0.15) is 0 Å². The quantitative estimate of drug-likeness (QED) is 0.356. The molecule has 7 heteroatoms. The molecule has 1 amide bonds. The molecule has 0 saturated heterocycles. The monoisotopic (exact) mass is 486 g/mol. The van der Waals surface area contributed by atoms with E-state index in [2.05, 4.69) is 10.5 Å². The average Bonchev–Trinajstić information content (AvgIpc) is 3.56. The number of aryl methyl sites for hydroxylation is 2. The lowest BCUT2D eigenvalue weighted by Gasteiger charge is -2.21. The van der Waals surface area contributed by atoms with Crippen LogP contribution in [-0.2, 0) is 16.0 Å². The Morgan fingerprint density at radius 1 is 1.21 bits per heavy atom. The van der Waals surface area contributed by atoms with Gasteiger partial charge in [-0.3, -0.25) is 9.59 Å². The number of aromatic nitrogens is 1. The fourth-order valence-corrected chi connectivity index (χ4v) is 5.50. The standard InChI is InChI=1S/C27H35ClN2O4/c1-17-7-12-22(21(28)15-17)29-24(31)16-20(11-14-25(32)33)27-26(19-9-10-19)23(34-30-27)13-8-18-5-3-2-4-6-18/h7,12,15,18-20H,2-6,8-11,13-14,16H2,1H3,(H,29,31)(H,32,33). The van der Waals surface area contributed by atoms with Crippen molar-refractivity contribution in [3.8, 4) is 0 Å².